The van der Waals surface area contributed by atoms with Gasteiger partial charge >= 0.3 is 0 Å². The molecule has 2 nitrogen and oxygen atoms in total. The molecule has 0 heterocycles. The van der Waals surface area contributed by atoms with Gasteiger partial charge in [-0.3, -0.25) is 0 Å². The minimum atomic E-state index is 0.375. The van der Waals surface area contributed by atoms with E-state index in [-0.39, 0.29) is 0 Å². The van der Waals surface area contributed by atoms with Crippen molar-refractivity contribution in [3.63, 3.8) is 0 Å². The summed E-state index contributed by atoms with van der Waals surface area (Å²) in [6, 6.07) is 14.9. The van der Waals surface area contributed by atoms with Gasteiger partial charge in [-0.05, 0) is 23.8 Å². The Balaban J connectivity index is 2.13. The van der Waals surface area contributed by atoms with Crippen LogP contribution >= 0.6 is 23.8 Å². The molecule has 2 N–H and O–H groups in total. The summed E-state index contributed by atoms with van der Waals surface area (Å²) >= 11 is 10.9. The van der Waals surface area contributed by atoms with Crippen molar-refractivity contribution in [2.75, 3.05) is 0 Å². The Morgan fingerprint density at radius 2 is 1.94 bits per heavy atom. The summed E-state index contributed by atoms with van der Waals surface area (Å²) in [6.45, 7) is 0.411. The Morgan fingerprint density at radius 1 is 1.17 bits per heavy atom. The van der Waals surface area contributed by atoms with Crippen LogP contribution in [0.15, 0.2) is 48.5 Å². The maximum atomic E-state index is 5.89. The Hall–Kier alpha value is -1.58. The fourth-order valence-corrected chi connectivity index (χ4v) is 1.98. The lowest BCUT2D eigenvalue weighted by molar-refractivity contribution is 0.306. The molecule has 2 aromatic rings. The van der Waals surface area contributed by atoms with E-state index in [9.17, 15) is 0 Å². The molecule has 0 atom stereocenters. The van der Waals surface area contributed by atoms with E-state index in [1.807, 2.05) is 36.4 Å². The summed E-state index contributed by atoms with van der Waals surface area (Å²) in [5.41, 5.74) is 7.47. The molecule has 0 saturated carbocycles. The fourth-order valence-electron chi connectivity index (χ4n) is 1.60. The highest BCUT2D eigenvalue weighted by molar-refractivity contribution is 7.80. The van der Waals surface area contributed by atoms with Crippen LogP contribution in [0.1, 0.15) is 11.1 Å². The maximum Gasteiger partial charge on any atom is 0.121 e. The number of rotatable bonds is 4. The second kappa shape index (κ2) is 5.85. The van der Waals surface area contributed by atoms with Crippen molar-refractivity contribution in [2.45, 2.75) is 6.61 Å². The van der Waals surface area contributed by atoms with Crippen LogP contribution in [0.3, 0.4) is 0 Å². The predicted molar refractivity (Wildman–Crippen MR) is 78.1 cm³/mol. The molecule has 0 saturated heterocycles. The highest BCUT2D eigenvalue weighted by Crippen LogP contribution is 2.19. The lowest BCUT2D eigenvalue weighted by Crippen LogP contribution is -2.13. The number of hydrogen-bond donors (Lipinski definition) is 1. The number of thiocarbonyl (C=S) groups is 1. The minimum absolute atomic E-state index is 0.375. The molecule has 2 aromatic carbocycles. The van der Waals surface area contributed by atoms with Gasteiger partial charge in [0.25, 0.3) is 0 Å². The van der Waals surface area contributed by atoms with Crippen molar-refractivity contribution >= 4 is 28.8 Å². The van der Waals surface area contributed by atoms with Crippen molar-refractivity contribution in [1.29, 1.82) is 0 Å². The van der Waals surface area contributed by atoms with Crippen molar-refractivity contribution in [1.82, 2.24) is 0 Å². The topological polar surface area (TPSA) is 35.2 Å². The summed E-state index contributed by atoms with van der Waals surface area (Å²) in [4.78, 5) is 0.375. The summed E-state index contributed by atoms with van der Waals surface area (Å²) in [5.74, 6) is 0.722. The average molecular weight is 278 g/mol. The van der Waals surface area contributed by atoms with Crippen molar-refractivity contribution < 1.29 is 4.74 Å². The second-order valence-corrected chi connectivity index (χ2v) is 4.64. The monoisotopic (exact) mass is 277 g/mol. The molecule has 4 heteroatoms. The maximum absolute atomic E-state index is 5.89. The molecule has 0 radical (unpaired) electrons. The zero-order valence-electron chi connectivity index (χ0n) is 9.60. The normalized spacial score (nSPS) is 10.1. The van der Waals surface area contributed by atoms with Gasteiger partial charge in [0.1, 0.15) is 17.3 Å². The van der Waals surface area contributed by atoms with Crippen LogP contribution in [0.2, 0.25) is 5.02 Å². The van der Waals surface area contributed by atoms with Crippen LogP contribution in [-0.2, 0) is 6.61 Å². The van der Waals surface area contributed by atoms with E-state index in [1.54, 1.807) is 12.1 Å². The highest BCUT2D eigenvalue weighted by atomic mass is 35.5. The first kappa shape index (κ1) is 12.9. The van der Waals surface area contributed by atoms with Gasteiger partial charge in [0, 0.05) is 10.6 Å². The summed E-state index contributed by atoms with van der Waals surface area (Å²) in [5, 5.41) is 0.648. The quantitative estimate of drug-likeness (QED) is 0.868. The van der Waals surface area contributed by atoms with Gasteiger partial charge in [0.2, 0.25) is 0 Å². The van der Waals surface area contributed by atoms with Crippen LogP contribution in [-0.4, -0.2) is 4.99 Å². The average Bonchev–Trinajstić information content (AvgIpc) is 2.37. The van der Waals surface area contributed by atoms with E-state index < -0.39 is 0 Å². The first-order valence-corrected chi connectivity index (χ1v) is 6.21. The largest absolute Gasteiger partial charge is 0.489 e. The smallest absolute Gasteiger partial charge is 0.121 e. The lowest BCUT2D eigenvalue weighted by Gasteiger charge is -2.10. The lowest BCUT2D eigenvalue weighted by atomic mass is 10.1. The molecular formula is C14H12ClNOS. The molecule has 0 aliphatic heterocycles. The standard InChI is InChI=1S/C14H12ClNOS/c15-11-5-3-6-12(8-11)17-9-10-4-1-2-7-13(10)14(16)18/h1-8H,9H2,(H2,16,18). The van der Waals surface area contributed by atoms with Gasteiger partial charge in [-0.25, -0.2) is 0 Å². The van der Waals surface area contributed by atoms with Crippen LogP contribution in [0, 0.1) is 0 Å². The number of hydrogen-bond acceptors (Lipinski definition) is 2. The Morgan fingerprint density at radius 3 is 2.67 bits per heavy atom. The second-order valence-electron chi connectivity index (χ2n) is 3.77. The van der Waals surface area contributed by atoms with Gasteiger partial charge in [0.05, 0.1) is 0 Å². The van der Waals surface area contributed by atoms with Gasteiger partial charge < -0.3 is 10.5 Å². The van der Waals surface area contributed by atoms with Gasteiger partial charge in [-0.1, -0.05) is 54.2 Å². The van der Waals surface area contributed by atoms with Crippen LogP contribution in [0.25, 0.3) is 0 Å². The Labute approximate surface area is 116 Å². The zero-order chi connectivity index (χ0) is 13.0. The molecule has 0 aliphatic rings. The molecule has 0 spiro atoms. The van der Waals surface area contributed by atoms with Crippen molar-refractivity contribution in [3.8, 4) is 5.75 Å². The van der Waals surface area contributed by atoms with Crippen molar-refractivity contribution in [2.24, 2.45) is 5.73 Å². The number of benzene rings is 2. The zero-order valence-corrected chi connectivity index (χ0v) is 11.2. The van der Waals surface area contributed by atoms with E-state index in [0.717, 1.165) is 16.9 Å². The molecule has 0 fully saturated rings. The molecular weight excluding hydrogens is 266 g/mol. The third-order valence-corrected chi connectivity index (χ3v) is 2.93. The Bertz CT molecular complexity index is 571. The van der Waals surface area contributed by atoms with Gasteiger partial charge in [-0.15, -0.1) is 0 Å². The van der Waals surface area contributed by atoms with E-state index in [1.165, 1.54) is 0 Å². The van der Waals surface area contributed by atoms with Crippen LogP contribution in [0.5, 0.6) is 5.75 Å². The van der Waals surface area contributed by atoms with E-state index in [2.05, 4.69) is 0 Å². The summed E-state index contributed by atoms with van der Waals surface area (Å²) in [6.07, 6.45) is 0. The number of ether oxygens (including phenoxy) is 1. The molecule has 18 heavy (non-hydrogen) atoms. The first-order chi connectivity index (χ1) is 8.66. The van der Waals surface area contributed by atoms with Crippen LogP contribution < -0.4 is 10.5 Å². The molecule has 0 amide bonds. The third kappa shape index (κ3) is 3.22. The van der Waals surface area contributed by atoms with E-state index in [4.69, 9.17) is 34.3 Å². The molecule has 0 unspecified atom stereocenters. The number of nitrogens with two attached hydrogens (primary N) is 1. The SMILES string of the molecule is NC(=S)c1ccccc1COc1cccc(Cl)c1. The summed E-state index contributed by atoms with van der Waals surface area (Å²) in [7, 11) is 0. The van der Waals surface area contributed by atoms with Crippen LogP contribution in [0.4, 0.5) is 0 Å². The van der Waals surface area contributed by atoms with E-state index in [0.29, 0.717) is 16.6 Å². The molecule has 2 rings (SSSR count). The van der Waals surface area contributed by atoms with Gasteiger partial charge in [-0.2, -0.15) is 0 Å². The molecule has 0 bridgehead atoms. The number of halogens is 1. The fraction of sp³-hybridized carbons (Fsp3) is 0.0714. The summed E-state index contributed by atoms with van der Waals surface area (Å²) < 4.78 is 5.66. The van der Waals surface area contributed by atoms with Gasteiger partial charge in [0.15, 0.2) is 0 Å². The first-order valence-electron chi connectivity index (χ1n) is 5.43. The molecule has 0 aliphatic carbocycles. The molecule has 92 valence electrons. The Kier molecular flexibility index (Phi) is 4.18. The third-order valence-electron chi connectivity index (χ3n) is 2.47. The molecule has 0 aromatic heterocycles. The highest BCUT2D eigenvalue weighted by Gasteiger charge is 2.05. The predicted octanol–water partition coefficient (Wildman–Crippen LogP) is 3.55. The van der Waals surface area contributed by atoms with E-state index >= 15 is 0 Å². The minimum Gasteiger partial charge on any atom is -0.489 e. The van der Waals surface area contributed by atoms with Crippen molar-refractivity contribution in [3.05, 3.63) is 64.7 Å².